The molecular formula is C28H32N6O2. The molecule has 2 saturated heterocycles. The number of hydrogen-bond donors (Lipinski definition) is 1. The SMILES string of the molecule is COc1ccc2cc(-c3nc4cc(C(=O)N5CCC6CCN[C@H]6C5)ccc4n3C)n(CC3CC3)c2n1. The first-order chi connectivity index (χ1) is 17.6. The molecule has 186 valence electrons. The third kappa shape index (κ3) is 3.58. The van der Waals surface area contributed by atoms with Crippen molar-refractivity contribution in [3.8, 4) is 17.4 Å². The Kier molecular flexibility index (Phi) is 5.06. The van der Waals surface area contributed by atoms with Gasteiger partial charge in [-0.05, 0) is 74.4 Å². The van der Waals surface area contributed by atoms with Gasteiger partial charge >= 0.3 is 0 Å². The normalized spacial score (nSPS) is 21.9. The molecule has 1 aliphatic carbocycles. The number of amides is 1. The highest BCUT2D eigenvalue weighted by Gasteiger charge is 2.34. The van der Waals surface area contributed by atoms with Crippen LogP contribution in [0, 0.1) is 11.8 Å². The second-order valence-corrected chi connectivity index (χ2v) is 10.7. The van der Waals surface area contributed by atoms with Crippen LogP contribution < -0.4 is 10.1 Å². The number of aromatic nitrogens is 4. The molecule has 7 rings (SSSR count). The van der Waals surface area contributed by atoms with Crippen molar-refractivity contribution in [2.45, 2.75) is 38.3 Å². The number of nitrogens with zero attached hydrogens (tertiary/aromatic N) is 5. The minimum atomic E-state index is 0.107. The van der Waals surface area contributed by atoms with E-state index in [1.165, 1.54) is 19.3 Å². The van der Waals surface area contributed by atoms with Crippen LogP contribution in [0.5, 0.6) is 5.88 Å². The number of fused-ring (bicyclic) bond motifs is 3. The zero-order valence-electron chi connectivity index (χ0n) is 20.9. The Labute approximate surface area is 210 Å². The monoisotopic (exact) mass is 484 g/mol. The summed E-state index contributed by atoms with van der Waals surface area (Å²) in [6, 6.07) is 12.5. The molecule has 8 nitrogen and oxygen atoms in total. The van der Waals surface area contributed by atoms with Gasteiger partial charge in [0.1, 0.15) is 5.65 Å². The van der Waals surface area contributed by atoms with Crippen molar-refractivity contribution in [2.75, 3.05) is 26.7 Å². The number of carbonyl (C=O) groups is 1. The fourth-order valence-electron chi connectivity index (χ4n) is 6.11. The summed E-state index contributed by atoms with van der Waals surface area (Å²) in [5, 5.41) is 4.65. The number of hydrogen-bond acceptors (Lipinski definition) is 5. The van der Waals surface area contributed by atoms with Crippen molar-refractivity contribution in [3.05, 3.63) is 42.0 Å². The highest BCUT2D eigenvalue weighted by molar-refractivity contribution is 5.98. The maximum Gasteiger partial charge on any atom is 0.253 e. The number of methoxy groups -OCH3 is 1. The van der Waals surface area contributed by atoms with Gasteiger partial charge in [0.25, 0.3) is 5.91 Å². The standard InChI is InChI=1S/C28H32N6O2/c1-32-23-7-5-20(28(35)33-12-10-18-9-11-29-22(18)16-33)13-21(23)30-27(32)24-14-19-6-8-25(36-2)31-26(19)34(24)15-17-3-4-17/h5-8,13-14,17-18,22,29H,3-4,9-12,15-16H2,1-2H3/t18?,22-/m0/s1. The van der Waals surface area contributed by atoms with Crippen LogP contribution in [0.25, 0.3) is 33.6 Å². The summed E-state index contributed by atoms with van der Waals surface area (Å²) in [7, 11) is 3.70. The Balaban J connectivity index is 1.26. The highest BCUT2D eigenvalue weighted by Crippen LogP contribution is 2.36. The van der Waals surface area contributed by atoms with Gasteiger partial charge in [-0.2, -0.15) is 4.98 Å². The Hall–Kier alpha value is -3.39. The highest BCUT2D eigenvalue weighted by atomic mass is 16.5. The lowest BCUT2D eigenvalue weighted by Gasteiger charge is -2.35. The zero-order chi connectivity index (χ0) is 24.4. The van der Waals surface area contributed by atoms with Gasteiger partial charge in [0, 0.05) is 49.7 Å². The van der Waals surface area contributed by atoms with Gasteiger partial charge in [-0.1, -0.05) is 0 Å². The summed E-state index contributed by atoms with van der Waals surface area (Å²) in [5.41, 5.74) is 4.57. The lowest BCUT2D eigenvalue weighted by Crippen LogP contribution is -2.48. The Morgan fingerprint density at radius 2 is 2.00 bits per heavy atom. The first-order valence-corrected chi connectivity index (χ1v) is 13.1. The van der Waals surface area contributed by atoms with E-state index in [1.54, 1.807) is 7.11 Å². The number of imidazole rings is 1. The molecule has 2 aliphatic heterocycles. The molecule has 3 aliphatic rings. The van der Waals surface area contributed by atoms with Gasteiger partial charge in [0.2, 0.25) is 5.88 Å². The number of aryl methyl sites for hydroxylation is 1. The molecule has 1 amide bonds. The molecule has 1 N–H and O–H groups in total. The van der Waals surface area contributed by atoms with Crippen LogP contribution in [0.1, 0.15) is 36.0 Å². The minimum Gasteiger partial charge on any atom is -0.481 e. The fourth-order valence-corrected chi connectivity index (χ4v) is 6.11. The van der Waals surface area contributed by atoms with Crippen molar-refractivity contribution in [3.63, 3.8) is 0 Å². The van der Waals surface area contributed by atoms with Crippen LogP contribution in [0.2, 0.25) is 0 Å². The van der Waals surface area contributed by atoms with E-state index in [0.29, 0.717) is 29.3 Å². The van der Waals surface area contributed by atoms with E-state index in [0.717, 1.165) is 66.2 Å². The first-order valence-electron chi connectivity index (χ1n) is 13.1. The van der Waals surface area contributed by atoms with E-state index < -0.39 is 0 Å². The molecule has 3 aromatic heterocycles. The van der Waals surface area contributed by atoms with E-state index in [9.17, 15) is 4.79 Å². The summed E-state index contributed by atoms with van der Waals surface area (Å²) in [4.78, 5) is 25.2. The smallest absolute Gasteiger partial charge is 0.253 e. The van der Waals surface area contributed by atoms with E-state index in [1.807, 2.05) is 29.2 Å². The fraction of sp³-hybridized carbons (Fsp3) is 0.464. The quantitative estimate of drug-likeness (QED) is 0.466. The van der Waals surface area contributed by atoms with Crippen LogP contribution >= 0.6 is 0 Å². The molecule has 0 radical (unpaired) electrons. The molecule has 36 heavy (non-hydrogen) atoms. The molecule has 2 atom stereocenters. The number of rotatable bonds is 5. The predicted molar refractivity (Wildman–Crippen MR) is 139 cm³/mol. The topological polar surface area (TPSA) is 77.2 Å². The summed E-state index contributed by atoms with van der Waals surface area (Å²) in [6.45, 7) is 3.63. The summed E-state index contributed by atoms with van der Waals surface area (Å²) in [5.74, 6) is 3.02. The van der Waals surface area contributed by atoms with Gasteiger partial charge in [0.15, 0.2) is 5.82 Å². The number of carbonyl (C=O) groups excluding carboxylic acids is 1. The number of likely N-dealkylation sites (tertiary alicyclic amines) is 1. The molecule has 1 aromatic carbocycles. The lowest BCUT2D eigenvalue weighted by molar-refractivity contribution is 0.0669. The van der Waals surface area contributed by atoms with Gasteiger partial charge in [0.05, 0.1) is 23.8 Å². The van der Waals surface area contributed by atoms with E-state index in [2.05, 4.69) is 33.6 Å². The Bertz CT molecular complexity index is 1480. The van der Waals surface area contributed by atoms with Crippen LogP contribution in [0.4, 0.5) is 0 Å². The third-order valence-corrected chi connectivity index (χ3v) is 8.39. The summed E-state index contributed by atoms with van der Waals surface area (Å²) in [6.07, 6.45) is 4.83. The minimum absolute atomic E-state index is 0.107. The first kappa shape index (κ1) is 21.9. The Morgan fingerprint density at radius 3 is 2.83 bits per heavy atom. The third-order valence-electron chi connectivity index (χ3n) is 8.39. The molecule has 1 unspecified atom stereocenters. The predicted octanol–water partition coefficient (Wildman–Crippen LogP) is 3.83. The molecule has 3 fully saturated rings. The van der Waals surface area contributed by atoms with Crippen molar-refractivity contribution < 1.29 is 9.53 Å². The number of piperidine rings is 1. The van der Waals surface area contributed by atoms with Crippen LogP contribution in [0.15, 0.2) is 36.4 Å². The van der Waals surface area contributed by atoms with Crippen molar-refractivity contribution >= 4 is 28.0 Å². The van der Waals surface area contributed by atoms with Crippen LogP contribution in [-0.2, 0) is 13.6 Å². The second-order valence-electron chi connectivity index (χ2n) is 10.7. The largest absolute Gasteiger partial charge is 0.481 e. The number of nitrogens with one attached hydrogen (secondary N) is 1. The average Bonchev–Trinajstić information content (AvgIpc) is 3.34. The van der Waals surface area contributed by atoms with Gasteiger partial charge in [-0.3, -0.25) is 4.79 Å². The molecule has 1 saturated carbocycles. The Morgan fingerprint density at radius 1 is 1.11 bits per heavy atom. The maximum atomic E-state index is 13.4. The van der Waals surface area contributed by atoms with Crippen LogP contribution in [-0.4, -0.2) is 62.7 Å². The zero-order valence-corrected chi connectivity index (χ0v) is 20.9. The van der Waals surface area contributed by atoms with E-state index in [-0.39, 0.29) is 5.91 Å². The maximum absolute atomic E-state index is 13.4. The van der Waals surface area contributed by atoms with Gasteiger partial charge < -0.3 is 24.1 Å². The van der Waals surface area contributed by atoms with Gasteiger partial charge in [-0.15, -0.1) is 0 Å². The number of benzene rings is 1. The van der Waals surface area contributed by atoms with Crippen molar-refractivity contribution in [1.82, 2.24) is 29.3 Å². The molecule has 8 heteroatoms. The van der Waals surface area contributed by atoms with Crippen molar-refractivity contribution in [2.24, 2.45) is 18.9 Å². The van der Waals surface area contributed by atoms with E-state index in [4.69, 9.17) is 14.7 Å². The number of pyridine rings is 1. The number of ether oxygens (including phenoxy) is 1. The molecular weight excluding hydrogens is 452 g/mol. The molecule has 0 spiro atoms. The molecule has 0 bridgehead atoms. The van der Waals surface area contributed by atoms with Gasteiger partial charge in [-0.25, -0.2) is 4.98 Å². The van der Waals surface area contributed by atoms with Crippen LogP contribution in [0.3, 0.4) is 0 Å². The summed E-state index contributed by atoms with van der Waals surface area (Å²) >= 11 is 0. The average molecular weight is 485 g/mol. The van der Waals surface area contributed by atoms with Crippen molar-refractivity contribution in [1.29, 1.82) is 0 Å². The molecule has 5 heterocycles. The van der Waals surface area contributed by atoms with E-state index >= 15 is 0 Å². The lowest BCUT2D eigenvalue weighted by atomic mass is 9.92. The second kappa shape index (κ2) is 8.34. The molecule has 4 aromatic rings. The summed E-state index contributed by atoms with van der Waals surface area (Å²) < 4.78 is 9.83.